The molecule has 2 aromatic carbocycles. The second kappa shape index (κ2) is 8.55. The van der Waals surface area contributed by atoms with Gasteiger partial charge in [0.15, 0.2) is 0 Å². The zero-order valence-electron chi connectivity index (χ0n) is 12.4. The number of benzene rings is 2. The van der Waals surface area contributed by atoms with Crippen LogP contribution in [-0.4, -0.2) is 0 Å². The maximum absolute atomic E-state index is 13.0. The zero-order chi connectivity index (χ0) is 14.9. The minimum absolute atomic E-state index is 0.0919. The van der Waals surface area contributed by atoms with Crippen molar-refractivity contribution in [2.75, 3.05) is 0 Å². The fourth-order valence-corrected chi connectivity index (χ4v) is 2.20. The fraction of sp³-hybridized carbons (Fsp3) is 0.333. The Hall–Kier alpha value is -1.71. The third kappa shape index (κ3) is 5.29. The lowest BCUT2D eigenvalue weighted by atomic mass is 10.0. The van der Waals surface area contributed by atoms with Gasteiger partial charge in [0.1, 0.15) is 5.82 Å². The number of hydrogen-bond acceptors (Lipinski definition) is 2. The predicted molar refractivity (Wildman–Crippen MR) is 83.0 cm³/mol. The molecule has 0 aliphatic carbocycles. The van der Waals surface area contributed by atoms with Crippen molar-refractivity contribution in [1.29, 1.82) is 0 Å². The van der Waals surface area contributed by atoms with E-state index < -0.39 is 0 Å². The van der Waals surface area contributed by atoms with Crippen molar-refractivity contribution in [2.45, 2.75) is 38.8 Å². The van der Waals surface area contributed by atoms with Crippen molar-refractivity contribution in [3.8, 4) is 0 Å². The Labute approximate surface area is 125 Å². The van der Waals surface area contributed by atoms with Gasteiger partial charge >= 0.3 is 0 Å². The first-order chi connectivity index (χ1) is 10.3. The van der Waals surface area contributed by atoms with Crippen LogP contribution in [0.3, 0.4) is 0 Å². The molecule has 0 aliphatic rings. The summed E-state index contributed by atoms with van der Waals surface area (Å²) in [6.07, 6.45) is 3.19. The van der Waals surface area contributed by atoms with Gasteiger partial charge < -0.3 is 0 Å². The second-order valence-electron chi connectivity index (χ2n) is 5.14. The first kappa shape index (κ1) is 15.7. The Morgan fingerprint density at radius 3 is 2.43 bits per heavy atom. The summed E-state index contributed by atoms with van der Waals surface area (Å²) in [5.74, 6) is -0.210. The first-order valence-corrected chi connectivity index (χ1v) is 7.46. The Balaban J connectivity index is 1.91. The molecule has 0 amide bonds. The predicted octanol–water partition coefficient (Wildman–Crippen LogP) is 4.78. The molecule has 112 valence electrons. The van der Waals surface area contributed by atoms with Crippen LogP contribution in [-0.2, 0) is 11.4 Å². The molecule has 0 spiro atoms. The Bertz CT molecular complexity index is 513. The quantitative estimate of drug-likeness (QED) is 0.706. The molecular weight excluding hydrogens is 265 g/mol. The number of nitrogens with one attached hydrogen (secondary N) is 1. The highest BCUT2D eigenvalue weighted by Gasteiger charge is 2.11. The average Bonchev–Trinajstić information content (AvgIpc) is 2.53. The molecule has 2 nitrogen and oxygen atoms in total. The highest BCUT2D eigenvalue weighted by Crippen LogP contribution is 2.20. The van der Waals surface area contributed by atoms with E-state index in [-0.39, 0.29) is 11.9 Å². The third-order valence-corrected chi connectivity index (χ3v) is 3.43. The van der Waals surface area contributed by atoms with Gasteiger partial charge in [-0.25, -0.2) is 4.39 Å². The summed E-state index contributed by atoms with van der Waals surface area (Å²) in [6, 6.07) is 16.7. The lowest BCUT2D eigenvalue weighted by molar-refractivity contribution is 0.000501. The maximum atomic E-state index is 13.0. The monoisotopic (exact) mass is 287 g/mol. The summed E-state index contributed by atoms with van der Waals surface area (Å²) < 4.78 is 13.0. The molecule has 0 aliphatic heterocycles. The van der Waals surface area contributed by atoms with E-state index in [0.717, 1.165) is 30.4 Å². The summed E-state index contributed by atoms with van der Waals surface area (Å²) in [5, 5.41) is 0. The molecule has 2 rings (SSSR count). The minimum atomic E-state index is -0.210. The molecule has 21 heavy (non-hydrogen) atoms. The van der Waals surface area contributed by atoms with Gasteiger partial charge in [-0.3, -0.25) is 4.84 Å². The molecule has 0 saturated carbocycles. The minimum Gasteiger partial charge on any atom is -0.296 e. The second-order valence-corrected chi connectivity index (χ2v) is 5.14. The van der Waals surface area contributed by atoms with Crippen LogP contribution in [0.4, 0.5) is 4.39 Å². The molecule has 1 unspecified atom stereocenters. The summed E-state index contributed by atoms with van der Waals surface area (Å²) in [6.45, 7) is 2.68. The highest BCUT2D eigenvalue weighted by atomic mass is 19.1. The van der Waals surface area contributed by atoms with E-state index in [2.05, 4.69) is 12.4 Å². The largest absolute Gasteiger partial charge is 0.296 e. The van der Waals surface area contributed by atoms with Crippen LogP contribution >= 0.6 is 0 Å². The van der Waals surface area contributed by atoms with Crippen LogP contribution < -0.4 is 5.48 Å². The van der Waals surface area contributed by atoms with E-state index in [1.807, 2.05) is 42.5 Å². The van der Waals surface area contributed by atoms with Crippen molar-refractivity contribution in [3.63, 3.8) is 0 Å². The van der Waals surface area contributed by atoms with E-state index in [4.69, 9.17) is 4.84 Å². The van der Waals surface area contributed by atoms with Crippen molar-refractivity contribution < 1.29 is 9.23 Å². The van der Waals surface area contributed by atoms with Crippen molar-refractivity contribution in [2.24, 2.45) is 0 Å². The van der Waals surface area contributed by atoms with E-state index in [1.54, 1.807) is 0 Å². The van der Waals surface area contributed by atoms with Gasteiger partial charge in [0.25, 0.3) is 0 Å². The van der Waals surface area contributed by atoms with Crippen molar-refractivity contribution in [3.05, 3.63) is 71.5 Å². The van der Waals surface area contributed by atoms with E-state index in [9.17, 15) is 4.39 Å². The van der Waals surface area contributed by atoms with Crippen molar-refractivity contribution in [1.82, 2.24) is 5.48 Å². The standard InChI is InChI=1S/C18H22FNO/c1-2-3-9-18(16-10-12-17(19)13-11-16)20-21-14-15-7-5-4-6-8-15/h4-8,10-13,18,20H,2-3,9,14H2,1H3. The molecule has 1 N–H and O–H groups in total. The summed E-state index contributed by atoms with van der Waals surface area (Å²) in [5.41, 5.74) is 5.29. The van der Waals surface area contributed by atoms with E-state index in [1.165, 1.54) is 12.1 Å². The van der Waals surface area contributed by atoms with Gasteiger partial charge in [-0.1, -0.05) is 62.2 Å². The summed E-state index contributed by atoms with van der Waals surface area (Å²) >= 11 is 0. The normalized spacial score (nSPS) is 12.3. The third-order valence-electron chi connectivity index (χ3n) is 3.43. The Morgan fingerprint density at radius 2 is 1.76 bits per heavy atom. The van der Waals surface area contributed by atoms with Crippen LogP contribution in [0.1, 0.15) is 43.4 Å². The van der Waals surface area contributed by atoms with Crippen LogP contribution in [0.2, 0.25) is 0 Å². The molecule has 0 heterocycles. The Kier molecular flexibility index (Phi) is 6.38. The van der Waals surface area contributed by atoms with Gasteiger partial charge in [-0.15, -0.1) is 0 Å². The molecule has 0 saturated heterocycles. The number of hydrogen-bond donors (Lipinski definition) is 1. The van der Waals surface area contributed by atoms with Gasteiger partial charge in [0, 0.05) is 0 Å². The van der Waals surface area contributed by atoms with E-state index in [0.29, 0.717) is 6.61 Å². The topological polar surface area (TPSA) is 21.3 Å². The molecule has 0 bridgehead atoms. The first-order valence-electron chi connectivity index (χ1n) is 7.46. The van der Waals surface area contributed by atoms with Crippen LogP contribution in [0.5, 0.6) is 0 Å². The highest BCUT2D eigenvalue weighted by molar-refractivity contribution is 5.19. The fourth-order valence-electron chi connectivity index (χ4n) is 2.20. The van der Waals surface area contributed by atoms with Crippen LogP contribution in [0.15, 0.2) is 54.6 Å². The van der Waals surface area contributed by atoms with Crippen molar-refractivity contribution >= 4 is 0 Å². The van der Waals surface area contributed by atoms with Gasteiger partial charge in [0.05, 0.1) is 12.6 Å². The van der Waals surface area contributed by atoms with Crippen LogP contribution in [0.25, 0.3) is 0 Å². The van der Waals surface area contributed by atoms with Gasteiger partial charge in [-0.05, 0) is 29.7 Å². The number of unbranched alkanes of at least 4 members (excludes halogenated alkanes) is 1. The van der Waals surface area contributed by atoms with E-state index >= 15 is 0 Å². The average molecular weight is 287 g/mol. The lowest BCUT2D eigenvalue weighted by Gasteiger charge is -2.19. The summed E-state index contributed by atoms with van der Waals surface area (Å²) in [7, 11) is 0. The molecule has 0 aromatic heterocycles. The molecule has 3 heteroatoms. The van der Waals surface area contributed by atoms with Crippen LogP contribution in [0, 0.1) is 5.82 Å². The number of hydroxylamine groups is 1. The molecule has 1 atom stereocenters. The SMILES string of the molecule is CCCCC(NOCc1ccccc1)c1ccc(F)cc1. The Morgan fingerprint density at radius 1 is 1.05 bits per heavy atom. The maximum Gasteiger partial charge on any atom is 0.123 e. The lowest BCUT2D eigenvalue weighted by Crippen LogP contribution is -2.21. The molecule has 0 radical (unpaired) electrons. The molecular formula is C18H22FNO. The zero-order valence-corrected chi connectivity index (χ0v) is 12.4. The number of rotatable bonds is 8. The van der Waals surface area contributed by atoms with Gasteiger partial charge in [-0.2, -0.15) is 5.48 Å². The van der Waals surface area contributed by atoms with Gasteiger partial charge in [0.2, 0.25) is 0 Å². The number of halogens is 1. The summed E-state index contributed by atoms with van der Waals surface area (Å²) in [4.78, 5) is 5.62. The molecule has 2 aromatic rings. The molecule has 0 fully saturated rings. The smallest absolute Gasteiger partial charge is 0.123 e.